The van der Waals surface area contributed by atoms with E-state index in [1.54, 1.807) is 13.3 Å². The van der Waals surface area contributed by atoms with E-state index in [0.29, 0.717) is 12.1 Å². The number of anilines is 1. The molecule has 2 N–H and O–H groups in total. The molecule has 0 radical (unpaired) electrons. The summed E-state index contributed by atoms with van der Waals surface area (Å²) >= 11 is 0. The van der Waals surface area contributed by atoms with Crippen molar-refractivity contribution in [2.45, 2.75) is 25.5 Å². The monoisotopic (exact) mass is 181 g/mol. The van der Waals surface area contributed by atoms with Crippen LogP contribution < -0.4 is 5.73 Å². The Labute approximate surface area is 77.7 Å². The molecule has 4 heteroatoms. The molecule has 1 unspecified atom stereocenters. The zero-order valence-corrected chi connectivity index (χ0v) is 7.81. The number of ether oxygens (including phenoxy) is 1. The molecule has 4 nitrogen and oxygen atoms in total. The molecule has 0 spiro atoms. The van der Waals surface area contributed by atoms with Gasteiger partial charge in [-0.15, -0.1) is 0 Å². The number of rotatable bonds is 4. The third kappa shape index (κ3) is 1.83. The van der Waals surface area contributed by atoms with Crippen LogP contribution >= 0.6 is 0 Å². The molecular weight excluding hydrogens is 166 g/mol. The van der Waals surface area contributed by atoms with Gasteiger partial charge in [0.15, 0.2) is 5.95 Å². The summed E-state index contributed by atoms with van der Waals surface area (Å²) in [6.45, 7) is 0.826. The Kier molecular flexibility index (Phi) is 2.22. The van der Waals surface area contributed by atoms with Crippen LogP contribution in [-0.2, 0) is 11.3 Å². The molecule has 0 saturated heterocycles. The van der Waals surface area contributed by atoms with E-state index in [-0.39, 0.29) is 0 Å². The summed E-state index contributed by atoms with van der Waals surface area (Å²) in [7, 11) is 1.76. The Morgan fingerprint density at radius 3 is 3.00 bits per heavy atom. The van der Waals surface area contributed by atoms with Crippen molar-refractivity contribution in [2.24, 2.45) is 5.92 Å². The maximum absolute atomic E-state index is 5.66. The Morgan fingerprint density at radius 1 is 1.77 bits per heavy atom. The molecular formula is C9H15N3O. The van der Waals surface area contributed by atoms with Crippen molar-refractivity contribution < 1.29 is 4.74 Å². The fourth-order valence-corrected chi connectivity index (χ4v) is 1.57. The average Bonchev–Trinajstić information content (AvgIpc) is 2.88. The summed E-state index contributed by atoms with van der Waals surface area (Å²) in [5, 5.41) is 0. The van der Waals surface area contributed by atoms with E-state index in [1.165, 1.54) is 12.8 Å². The predicted molar refractivity (Wildman–Crippen MR) is 50.2 cm³/mol. The van der Waals surface area contributed by atoms with Gasteiger partial charge < -0.3 is 15.0 Å². The maximum Gasteiger partial charge on any atom is 0.200 e. The summed E-state index contributed by atoms with van der Waals surface area (Å²) in [4.78, 5) is 3.97. The molecule has 0 aromatic carbocycles. The highest BCUT2D eigenvalue weighted by molar-refractivity contribution is 5.16. The number of aromatic nitrogens is 2. The van der Waals surface area contributed by atoms with E-state index in [4.69, 9.17) is 10.5 Å². The fraction of sp³-hybridized carbons (Fsp3) is 0.667. The fourth-order valence-electron chi connectivity index (χ4n) is 1.57. The van der Waals surface area contributed by atoms with Crippen molar-refractivity contribution >= 4 is 5.95 Å². The van der Waals surface area contributed by atoms with Crippen molar-refractivity contribution in [3.63, 3.8) is 0 Å². The zero-order chi connectivity index (χ0) is 9.26. The van der Waals surface area contributed by atoms with Crippen LogP contribution in [0.2, 0.25) is 0 Å². The molecule has 13 heavy (non-hydrogen) atoms. The molecule has 1 heterocycles. The summed E-state index contributed by atoms with van der Waals surface area (Å²) < 4.78 is 7.34. The molecule has 1 fully saturated rings. The van der Waals surface area contributed by atoms with Gasteiger partial charge in [0.25, 0.3) is 0 Å². The van der Waals surface area contributed by atoms with Crippen molar-refractivity contribution in [1.82, 2.24) is 9.55 Å². The van der Waals surface area contributed by atoms with E-state index in [2.05, 4.69) is 4.98 Å². The van der Waals surface area contributed by atoms with Gasteiger partial charge >= 0.3 is 0 Å². The van der Waals surface area contributed by atoms with Gasteiger partial charge in [0.2, 0.25) is 0 Å². The van der Waals surface area contributed by atoms with E-state index < -0.39 is 0 Å². The molecule has 1 aromatic heterocycles. The first-order valence-corrected chi connectivity index (χ1v) is 4.60. The first kappa shape index (κ1) is 8.56. The third-order valence-corrected chi connectivity index (χ3v) is 2.57. The highest BCUT2D eigenvalue weighted by Crippen LogP contribution is 2.34. The van der Waals surface area contributed by atoms with Crippen LogP contribution in [0.15, 0.2) is 12.4 Å². The molecule has 0 aliphatic heterocycles. The minimum Gasteiger partial charge on any atom is -0.379 e. The van der Waals surface area contributed by atoms with Gasteiger partial charge in [0.05, 0.1) is 12.6 Å². The smallest absolute Gasteiger partial charge is 0.200 e. The molecule has 2 rings (SSSR count). The van der Waals surface area contributed by atoms with Crippen LogP contribution in [0.3, 0.4) is 0 Å². The number of hydrogen-bond acceptors (Lipinski definition) is 3. The zero-order valence-electron chi connectivity index (χ0n) is 7.81. The summed E-state index contributed by atoms with van der Waals surface area (Å²) in [5.74, 6) is 1.30. The second kappa shape index (κ2) is 3.38. The molecule has 0 bridgehead atoms. The predicted octanol–water partition coefficient (Wildman–Crippen LogP) is 0.890. The van der Waals surface area contributed by atoms with Crippen LogP contribution in [0.4, 0.5) is 5.95 Å². The number of nitrogens with two attached hydrogens (primary N) is 1. The quantitative estimate of drug-likeness (QED) is 0.750. The number of nitrogen functional groups attached to an aromatic ring is 1. The van der Waals surface area contributed by atoms with E-state index >= 15 is 0 Å². The normalized spacial score (nSPS) is 18.8. The molecule has 1 aromatic rings. The van der Waals surface area contributed by atoms with Crippen molar-refractivity contribution in [3.05, 3.63) is 12.4 Å². The molecule has 72 valence electrons. The average molecular weight is 181 g/mol. The van der Waals surface area contributed by atoms with Gasteiger partial charge in [-0.3, -0.25) is 0 Å². The largest absolute Gasteiger partial charge is 0.379 e. The van der Waals surface area contributed by atoms with Crippen LogP contribution in [0, 0.1) is 5.92 Å². The number of hydrogen-bond donors (Lipinski definition) is 1. The number of imidazole rings is 1. The Hall–Kier alpha value is -1.03. The molecule has 0 amide bonds. The standard InChI is InChI=1S/C9H15N3O/c1-13-8(7-2-3-7)6-12-5-4-11-9(12)10/h4-5,7-8H,2-3,6H2,1H3,(H2,10,11). The lowest BCUT2D eigenvalue weighted by Crippen LogP contribution is -2.21. The van der Waals surface area contributed by atoms with E-state index in [1.807, 2.05) is 10.8 Å². The van der Waals surface area contributed by atoms with Crippen molar-refractivity contribution in [3.8, 4) is 0 Å². The van der Waals surface area contributed by atoms with Crippen LogP contribution in [0.25, 0.3) is 0 Å². The highest BCUT2D eigenvalue weighted by Gasteiger charge is 2.31. The van der Waals surface area contributed by atoms with Crippen molar-refractivity contribution in [2.75, 3.05) is 12.8 Å². The summed E-state index contributed by atoms with van der Waals surface area (Å²) in [6.07, 6.45) is 6.48. The Bertz CT molecular complexity index is 280. The van der Waals surface area contributed by atoms with Gasteiger partial charge in [-0.05, 0) is 18.8 Å². The molecule has 1 atom stereocenters. The molecule has 1 saturated carbocycles. The van der Waals surface area contributed by atoms with Gasteiger partial charge in [0, 0.05) is 19.5 Å². The first-order chi connectivity index (χ1) is 6.31. The minimum absolute atomic E-state index is 0.302. The van der Waals surface area contributed by atoms with Crippen LogP contribution in [0.5, 0.6) is 0 Å². The van der Waals surface area contributed by atoms with Gasteiger partial charge in [-0.2, -0.15) is 0 Å². The maximum atomic E-state index is 5.66. The van der Waals surface area contributed by atoms with Crippen LogP contribution in [0.1, 0.15) is 12.8 Å². The first-order valence-electron chi connectivity index (χ1n) is 4.60. The second-order valence-electron chi connectivity index (χ2n) is 3.55. The lowest BCUT2D eigenvalue weighted by atomic mass is 10.2. The highest BCUT2D eigenvalue weighted by atomic mass is 16.5. The van der Waals surface area contributed by atoms with Crippen LogP contribution in [-0.4, -0.2) is 22.8 Å². The lowest BCUT2D eigenvalue weighted by Gasteiger charge is -2.15. The number of nitrogens with zero attached hydrogens (tertiary/aromatic N) is 2. The van der Waals surface area contributed by atoms with Gasteiger partial charge in [-0.1, -0.05) is 0 Å². The Morgan fingerprint density at radius 2 is 2.54 bits per heavy atom. The molecule has 1 aliphatic rings. The van der Waals surface area contributed by atoms with Gasteiger partial charge in [0.1, 0.15) is 0 Å². The third-order valence-electron chi connectivity index (χ3n) is 2.57. The van der Waals surface area contributed by atoms with Crippen molar-refractivity contribution in [1.29, 1.82) is 0 Å². The summed E-state index contributed by atoms with van der Waals surface area (Å²) in [6, 6.07) is 0. The molecule has 1 aliphatic carbocycles. The summed E-state index contributed by atoms with van der Waals surface area (Å²) in [5.41, 5.74) is 5.66. The minimum atomic E-state index is 0.302. The van der Waals surface area contributed by atoms with E-state index in [9.17, 15) is 0 Å². The lowest BCUT2D eigenvalue weighted by molar-refractivity contribution is 0.0704. The second-order valence-corrected chi connectivity index (χ2v) is 3.55. The Balaban J connectivity index is 1.99. The topological polar surface area (TPSA) is 53.1 Å². The SMILES string of the molecule is COC(Cn1ccnc1N)C1CC1. The van der Waals surface area contributed by atoms with Gasteiger partial charge in [-0.25, -0.2) is 4.98 Å². The van der Waals surface area contributed by atoms with E-state index in [0.717, 1.165) is 12.5 Å². The number of methoxy groups -OCH3 is 1.